The number of rotatable bonds is 3. The molecule has 0 unspecified atom stereocenters. The Bertz CT molecular complexity index is 282. The van der Waals surface area contributed by atoms with Crippen LogP contribution in [0.3, 0.4) is 0 Å². The van der Waals surface area contributed by atoms with Crippen molar-refractivity contribution in [1.29, 1.82) is 0 Å². The Morgan fingerprint density at radius 1 is 0.786 bits per heavy atom. The monoisotopic (exact) mass is 488 g/mol. The highest BCUT2D eigenvalue weighted by Crippen LogP contribution is 2.21. The Labute approximate surface area is 125 Å². The lowest BCUT2D eigenvalue weighted by molar-refractivity contribution is 1.27. The van der Waals surface area contributed by atoms with Gasteiger partial charge in [0, 0.05) is 0 Å². The molecule has 0 rings (SSSR count). The summed E-state index contributed by atoms with van der Waals surface area (Å²) in [7, 11) is 0. The van der Waals surface area contributed by atoms with Crippen molar-refractivity contribution < 1.29 is 0 Å². The Hall–Kier alpha value is 1.32. The minimum Gasteiger partial charge on any atom is -0.157 e. The van der Waals surface area contributed by atoms with Crippen LogP contribution in [0.15, 0.2) is 27.1 Å². The number of allylic oxidation sites excluding steroid dienone is 2. The van der Waals surface area contributed by atoms with Gasteiger partial charge in [-0.05, 0) is 63.7 Å². The van der Waals surface area contributed by atoms with Crippen LogP contribution >= 0.6 is 86.9 Å². The van der Waals surface area contributed by atoms with Gasteiger partial charge in [-0.3, -0.25) is 0 Å². The highest BCUT2D eigenvalue weighted by Gasteiger charge is 1.93. The van der Waals surface area contributed by atoms with Crippen LogP contribution < -0.4 is 0 Å². The van der Waals surface area contributed by atoms with E-state index in [1.807, 2.05) is 0 Å². The summed E-state index contributed by atoms with van der Waals surface area (Å²) in [6.45, 7) is 0. The van der Waals surface area contributed by atoms with Gasteiger partial charge in [0.1, 0.15) is 0 Å². The number of hydrogen-bond donors (Lipinski definition) is 0. The van der Waals surface area contributed by atoms with E-state index in [4.69, 9.17) is 23.2 Å². The van der Waals surface area contributed by atoms with Gasteiger partial charge in [0.2, 0.25) is 0 Å². The maximum atomic E-state index is 5.69. The van der Waals surface area contributed by atoms with E-state index in [0.29, 0.717) is 16.8 Å². The van der Waals surface area contributed by atoms with Crippen molar-refractivity contribution in [3.05, 3.63) is 16.8 Å². The van der Waals surface area contributed by atoms with E-state index >= 15 is 0 Å². The van der Waals surface area contributed by atoms with E-state index in [-0.39, 0.29) is 0 Å². The second-order valence-electron chi connectivity index (χ2n) is 1.71. The highest BCUT2D eigenvalue weighted by molar-refractivity contribution is 9.28. The van der Waals surface area contributed by atoms with Gasteiger partial charge in [-0.2, -0.15) is 10.2 Å². The summed E-state index contributed by atoms with van der Waals surface area (Å²) < 4.78 is 1.21. The molecule has 0 radical (unpaired) electrons. The van der Waals surface area contributed by atoms with Crippen molar-refractivity contribution in [2.45, 2.75) is 0 Å². The molecule has 0 aromatic rings. The minimum atomic E-state index is 0.403. The molecule has 78 valence electrons. The number of nitrogens with zero attached hydrogens (tertiary/aromatic N) is 2. The first-order valence-electron chi connectivity index (χ1n) is 2.93. The van der Waals surface area contributed by atoms with Crippen LogP contribution in [0.5, 0.6) is 0 Å². The van der Waals surface area contributed by atoms with Crippen molar-refractivity contribution in [2.24, 2.45) is 10.2 Å². The maximum absolute atomic E-state index is 5.69. The smallest absolute Gasteiger partial charge is 0.0819 e. The fourth-order valence-corrected chi connectivity index (χ4v) is 0.762. The summed E-state index contributed by atoms with van der Waals surface area (Å²) in [4.78, 5) is 0. The third-order valence-electron chi connectivity index (χ3n) is 0.770. The van der Waals surface area contributed by atoms with Crippen molar-refractivity contribution >= 4 is 99.4 Å². The Morgan fingerprint density at radius 3 is 1.29 bits per heavy atom. The first kappa shape index (κ1) is 15.3. The fraction of sp³-hybridized carbons (Fsp3) is 0. The zero-order chi connectivity index (χ0) is 11.1. The average molecular weight is 493 g/mol. The van der Waals surface area contributed by atoms with Crippen LogP contribution in [0.4, 0.5) is 0 Å². The molecule has 14 heavy (non-hydrogen) atoms. The van der Waals surface area contributed by atoms with E-state index in [0.717, 1.165) is 0 Å². The summed E-state index contributed by atoms with van der Waals surface area (Å²) in [5.41, 5.74) is 0. The molecule has 8 heteroatoms. The lowest BCUT2D eigenvalue weighted by atomic mass is 10.7. The largest absolute Gasteiger partial charge is 0.157 e. The molecular formula is C6H2Br4Cl2N2. The summed E-state index contributed by atoms with van der Waals surface area (Å²) in [5, 5.41) is 8.10. The van der Waals surface area contributed by atoms with Crippen LogP contribution in [-0.4, -0.2) is 12.4 Å². The van der Waals surface area contributed by atoms with Crippen LogP contribution in [0.1, 0.15) is 0 Å². The molecule has 0 heterocycles. The van der Waals surface area contributed by atoms with Gasteiger partial charge in [-0.1, -0.05) is 23.2 Å². The molecule has 0 atom stereocenters. The lowest BCUT2D eigenvalue weighted by Crippen LogP contribution is -1.75. The van der Waals surface area contributed by atoms with Gasteiger partial charge in [0.15, 0.2) is 0 Å². The molecule has 0 amide bonds. The molecule has 0 aliphatic rings. The third kappa shape index (κ3) is 7.59. The van der Waals surface area contributed by atoms with Gasteiger partial charge < -0.3 is 0 Å². The van der Waals surface area contributed by atoms with Crippen LogP contribution in [0.25, 0.3) is 0 Å². The molecule has 0 aromatic heterocycles. The zero-order valence-corrected chi connectivity index (χ0v) is 14.2. The number of halogens is 6. The Balaban J connectivity index is 4.34. The summed E-state index contributed by atoms with van der Waals surface area (Å²) in [6.07, 6.45) is 2.73. The van der Waals surface area contributed by atoms with E-state index in [1.165, 1.54) is 12.4 Å². The molecule has 0 aromatic carbocycles. The molecule has 0 bridgehead atoms. The van der Waals surface area contributed by atoms with Crippen LogP contribution in [0, 0.1) is 0 Å². The topological polar surface area (TPSA) is 24.7 Å². The standard InChI is InChI=1S/C6H2Br4Cl2N2/c7-5(8)3(11)1-13-14-2-4(12)6(9)10/h1-2H/b13-1-,14-2-. The van der Waals surface area contributed by atoms with E-state index < -0.39 is 0 Å². The Morgan fingerprint density at radius 2 is 1.07 bits per heavy atom. The highest BCUT2D eigenvalue weighted by atomic mass is 79.9. The zero-order valence-electron chi connectivity index (χ0n) is 6.32. The number of hydrogen-bond acceptors (Lipinski definition) is 2. The summed E-state index contributed by atoms with van der Waals surface area (Å²) in [5.74, 6) is 0. The molecule has 0 N–H and O–H groups in total. The Kier molecular flexibility index (Phi) is 9.27. The molecule has 0 aliphatic carbocycles. The predicted octanol–water partition coefficient (Wildman–Crippen LogP) is 5.44. The van der Waals surface area contributed by atoms with Gasteiger partial charge in [-0.25, -0.2) is 0 Å². The van der Waals surface area contributed by atoms with Gasteiger partial charge in [0.25, 0.3) is 0 Å². The average Bonchev–Trinajstić information content (AvgIpc) is 2.11. The molecular weight excluding hydrogens is 491 g/mol. The third-order valence-corrected chi connectivity index (χ3v) is 3.96. The molecule has 0 aliphatic heterocycles. The fourth-order valence-electron chi connectivity index (χ4n) is 0.266. The molecule has 0 fully saturated rings. The molecule has 0 saturated carbocycles. The molecule has 2 nitrogen and oxygen atoms in total. The quantitative estimate of drug-likeness (QED) is 0.370. The van der Waals surface area contributed by atoms with Crippen LogP contribution in [0.2, 0.25) is 0 Å². The first-order valence-corrected chi connectivity index (χ1v) is 6.86. The van der Waals surface area contributed by atoms with Crippen molar-refractivity contribution in [2.75, 3.05) is 0 Å². The predicted molar refractivity (Wildman–Crippen MR) is 78.4 cm³/mol. The first-order chi connectivity index (χ1) is 6.45. The lowest BCUT2D eigenvalue weighted by Gasteiger charge is -1.87. The van der Waals surface area contributed by atoms with Gasteiger partial charge in [-0.15, -0.1) is 0 Å². The van der Waals surface area contributed by atoms with Gasteiger partial charge in [0.05, 0.1) is 29.3 Å². The van der Waals surface area contributed by atoms with E-state index in [9.17, 15) is 0 Å². The van der Waals surface area contributed by atoms with E-state index in [2.05, 4.69) is 73.9 Å². The summed E-state index contributed by atoms with van der Waals surface area (Å²) >= 11 is 23.8. The van der Waals surface area contributed by atoms with Crippen molar-refractivity contribution in [3.8, 4) is 0 Å². The second-order valence-corrected chi connectivity index (χ2v) is 7.82. The summed E-state index contributed by atoms with van der Waals surface area (Å²) in [6, 6.07) is 0. The van der Waals surface area contributed by atoms with E-state index in [1.54, 1.807) is 0 Å². The van der Waals surface area contributed by atoms with Crippen molar-refractivity contribution in [1.82, 2.24) is 0 Å². The molecule has 0 saturated heterocycles. The maximum Gasteiger partial charge on any atom is 0.0819 e. The SMILES string of the molecule is ClC(/C=N\N=C/C(Cl)=C(Br)Br)=C(Br)Br. The molecule has 0 spiro atoms. The minimum absolute atomic E-state index is 0.403. The second kappa shape index (κ2) is 8.47. The van der Waals surface area contributed by atoms with Crippen molar-refractivity contribution in [3.63, 3.8) is 0 Å². The van der Waals surface area contributed by atoms with Crippen LogP contribution in [-0.2, 0) is 0 Å². The van der Waals surface area contributed by atoms with Gasteiger partial charge >= 0.3 is 0 Å². The normalized spacial score (nSPS) is 11.0.